The van der Waals surface area contributed by atoms with Crippen molar-refractivity contribution in [3.05, 3.63) is 47.1 Å². The fourth-order valence-corrected chi connectivity index (χ4v) is 4.99. The summed E-state index contributed by atoms with van der Waals surface area (Å²) in [6.07, 6.45) is 10.8. The highest BCUT2D eigenvalue weighted by atomic mass is 16.7. The molecular weight excluding hydrogens is 420 g/mol. The third kappa shape index (κ3) is 7.26. The normalized spacial score (nSPS) is 26.6. The summed E-state index contributed by atoms with van der Waals surface area (Å²) >= 11 is 0. The number of hydrogen-bond acceptors (Lipinski definition) is 6. The van der Waals surface area contributed by atoms with E-state index < -0.39 is 24.3 Å². The number of hydrogen-bond donors (Lipinski definition) is 1. The van der Waals surface area contributed by atoms with E-state index in [2.05, 4.69) is 33.4 Å². The molecule has 1 saturated carbocycles. The van der Waals surface area contributed by atoms with Crippen molar-refractivity contribution >= 4 is 18.2 Å². The van der Waals surface area contributed by atoms with Crippen molar-refractivity contribution in [2.75, 3.05) is 0 Å². The van der Waals surface area contributed by atoms with Crippen molar-refractivity contribution in [1.29, 1.82) is 0 Å². The fourth-order valence-electron chi connectivity index (χ4n) is 4.99. The van der Waals surface area contributed by atoms with E-state index in [-0.39, 0.29) is 17.4 Å². The molecule has 1 N–H and O–H groups in total. The van der Waals surface area contributed by atoms with Gasteiger partial charge in [0, 0.05) is 18.6 Å². The lowest BCUT2D eigenvalue weighted by molar-refractivity contribution is -0.173. The quantitative estimate of drug-likeness (QED) is 0.189. The maximum atomic E-state index is 11.5. The first-order valence-electron chi connectivity index (χ1n) is 11.8. The van der Waals surface area contributed by atoms with Crippen LogP contribution >= 0.6 is 0 Å². The molecule has 0 unspecified atom stereocenters. The van der Waals surface area contributed by atoms with Gasteiger partial charge in [-0.25, -0.2) is 4.79 Å². The van der Waals surface area contributed by atoms with Crippen LogP contribution < -0.4 is 0 Å². The van der Waals surface area contributed by atoms with Gasteiger partial charge in [0.2, 0.25) is 0 Å². The molecule has 182 valence electrons. The van der Waals surface area contributed by atoms with Crippen molar-refractivity contribution < 1.29 is 29.0 Å². The highest BCUT2D eigenvalue weighted by Crippen LogP contribution is 2.51. The molecule has 0 aromatic rings. The van der Waals surface area contributed by atoms with Crippen LogP contribution in [0.15, 0.2) is 47.1 Å². The Labute approximate surface area is 197 Å². The van der Waals surface area contributed by atoms with Gasteiger partial charge in [0.1, 0.15) is 6.29 Å². The molecule has 0 amide bonds. The third-order valence-corrected chi connectivity index (χ3v) is 7.14. The van der Waals surface area contributed by atoms with Crippen LogP contribution in [0.1, 0.15) is 79.1 Å². The Morgan fingerprint density at radius 2 is 2.06 bits per heavy atom. The van der Waals surface area contributed by atoms with Gasteiger partial charge in [0.15, 0.2) is 0 Å². The van der Waals surface area contributed by atoms with Crippen LogP contribution in [-0.2, 0) is 23.9 Å². The smallest absolute Gasteiger partial charge is 0.334 e. The van der Waals surface area contributed by atoms with Crippen molar-refractivity contribution in [2.24, 2.45) is 11.3 Å². The van der Waals surface area contributed by atoms with Crippen LogP contribution in [0, 0.1) is 11.3 Å². The average molecular weight is 459 g/mol. The van der Waals surface area contributed by atoms with Crippen LogP contribution in [0.3, 0.4) is 0 Å². The summed E-state index contributed by atoms with van der Waals surface area (Å²) in [5.74, 6) is -0.610. The van der Waals surface area contributed by atoms with E-state index in [9.17, 15) is 19.5 Å². The Hall–Kier alpha value is -2.47. The van der Waals surface area contributed by atoms with Gasteiger partial charge in [-0.05, 0) is 75.7 Å². The zero-order valence-corrected chi connectivity index (χ0v) is 20.4. The minimum Gasteiger partial charge on any atom is -0.421 e. The molecule has 33 heavy (non-hydrogen) atoms. The SMILES string of the molecule is C=C(C)[C@@]1(CC/C(C)=C/CC/C(C=O)=C\C[C@@H](O)C2=CC(=O)O[C@H]2OC(C)=O)CCC[C@H]1C. The van der Waals surface area contributed by atoms with Gasteiger partial charge in [-0.15, -0.1) is 0 Å². The molecule has 0 aromatic heterocycles. The predicted molar refractivity (Wildman–Crippen MR) is 127 cm³/mol. The Bertz CT molecular complexity index is 849. The van der Waals surface area contributed by atoms with Crippen molar-refractivity contribution in [1.82, 2.24) is 0 Å². The molecule has 0 spiro atoms. The highest BCUT2D eigenvalue weighted by molar-refractivity contribution is 5.86. The number of aliphatic hydroxyl groups is 1. The molecule has 6 nitrogen and oxygen atoms in total. The Kier molecular flexibility index (Phi) is 9.84. The molecule has 2 aliphatic rings. The van der Waals surface area contributed by atoms with Crippen molar-refractivity contribution in [3.63, 3.8) is 0 Å². The topological polar surface area (TPSA) is 89.9 Å². The number of allylic oxidation sites excluding steroid dienone is 4. The van der Waals surface area contributed by atoms with E-state index in [0.717, 1.165) is 31.6 Å². The van der Waals surface area contributed by atoms with E-state index in [1.165, 1.54) is 37.3 Å². The first-order valence-corrected chi connectivity index (χ1v) is 11.8. The fraction of sp³-hybridized carbons (Fsp3) is 0.593. The first-order chi connectivity index (χ1) is 15.6. The zero-order chi connectivity index (χ0) is 24.6. The number of cyclic esters (lactones) is 1. The number of ether oxygens (including phenoxy) is 2. The standard InChI is InChI=1S/C27H38O6/c1-18(2)27(14-7-9-20(27)4)15-13-19(3)8-6-10-22(17-28)11-12-24(30)23-16-25(31)33-26(23)32-21(5)29/h8,11,16-17,20,24,26,30H,1,6-7,9-10,12-15H2,2-5H3/b19-8+,22-11+/t20-,24-,26-,27+/m1/s1. The molecule has 1 aliphatic carbocycles. The second-order valence-electron chi connectivity index (χ2n) is 9.49. The molecule has 0 saturated heterocycles. The summed E-state index contributed by atoms with van der Waals surface area (Å²) in [7, 11) is 0. The lowest BCUT2D eigenvalue weighted by Crippen LogP contribution is -2.25. The molecule has 0 bridgehead atoms. The number of aldehydes is 1. The molecule has 2 rings (SSSR count). The van der Waals surface area contributed by atoms with Crippen LogP contribution in [0.4, 0.5) is 0 Å². The van der Waals surface area contributed by atoms with E-state index in [4.69, 9.17) is 9.47 Å². The summed E-state index contributed by atoms with van der Waals surface area (Å²) in [6.45, 7) is 12.1. The van der Waals surface area contributed by atoms with E-state index in [1.54, 1.807) is 6.08 Å². The van der Waals surface area contributed by atoms with Gasteiger partial charge in [-0.3, -0.25) is 9.59 Å². The lowest BCUT2D eigenvalue weighted by Gasteiger charge is -2.35. The van der Waals surface area contributed by atoms with Gasteiger partial charge in [0.05, 0.1) is 6.10 Å². The van der Waals surface area contributed by atoms with Crippen LogP contribution in [-0.4, -0.2) is 35.7 Å². The van der Waals surface area contributed by atoms with Crippen molar-refractivity contribution in [3.8, 4) is 0 Å². The molecule has 0 radical (unpaired) electrons. The summed E-state index contributed by atoms with van der Waals surface area (Å²) in [6, 6.07) is 0. The maximum absolute atomic E-state index is 11.5. The predicted octanol–water partition coefficient (Wildman–Crippen LogP) is 5.12. The van der Waals surface area contributed by atoms with Crippen LogP contribution in [0.25, 0.3) is 0 Å². The second-order valence-corrected chi connectivity index (χ2v) is 9.49. The molecule has 4 atom stereocenters. The summed E-state index contributed by atoms with van der Waals surface area (Å²) in [5, 5.41) is 10.4. The highest BCUT2D eigenvalue weighted by Gasteiger charge is 2.40. The maximum Gasteiger partial charge on any atom is 0.334 e. The van der Waals surface area contributed by atoms with Gasteiger partial charge < -0.3 is 14.6 Å². The van der Waals surface area contributed by atoms with Crippen LogP contribution in [0.2, 0.25) is 0 Å². The number of esters is 2. The largest absolute Gasteiger partial charge is 0.421 e. The summed E-state index contributed by atoms with van der Waals surface area (Å²) in [5.41, 5.74) is 3.63. The minimum absolute atomic E-state index is 0.121. The van der Waals surface area contributed by atoms with Gasteiger partial charge in [-0.2, -0.15) is 0 Å². The van der Waals surface area contributed by atoms with E-state index in [0.29, 0.717) is 17.9 Å². The molecule has 0 aromatic carbocycles. The zero-order valence-electron chi connectivity index (χ0n) is 20.4. The molecule has 1 fully saturated rings. The number of carbonyl (C=O) groups excluding carboxylic acids is 3. The molecular formula is C27H38O6. The lowest BCUT2D eigenvalue weighted by atomic mass is 9.70. The first kappa shape index (κ1) is 26.8. The van der Waals surface area contributed by atoms with Gasteiger partial charge in [0.25, 0.3) is 6.29 Å². The molecule has 1 aliphatic heterocycles. The third-order valence-electron chi connectivity index (χ3n) is 7.14. The Balaban J connectivity index is 1.87. The van der Waals surface area contributed by atoms with Crippen molar-refractivity contribution in [2.45, 2.75) is 91.5 Å². The monoisotopic (exact) mass is 458 g/mol. The molecule has 1 heterocycles. The van der Waals surface area contributed by atoms with Gasteiger partial charge >= 0.3 is 11.9 Å². The number of carbonyl (C=O) groups is 3. The van der Waals surface area contributed by atoms with Gasteiger partial charge in [-0.1, -0.05) is 43.2 Å². The Morgan fingerprint density at radius 1 is 1.33 bits per heavy atom. The Morgan fingerprint density at radius 3 is 2.64 bits per heavy atom. The van der Waals surface area contributed by atoms with E-state index >= 15 is 0 Å². The second kappa shape index (κ2) is 12.1. The average Bonchev–Trinajstić information content (AvgIpc) is 3.30. The number of aliphatic hydroxyl groups excluding tert-OH is 1. The van der Waals surface area contributed by atoms with E-state index in [1.807, 2.05) is 0 Å². The summed E-state index contributed by atoms with van der Waals surface area (Å²) < 4.78 is 9.79. The molecule has 6 heteroatoms. The van der Waals surface area contributed by atoms with Crippen LogP contribution in [0.5, 0.6) is 0 Å². The number of rotatable bonds is 12. The summed E-state index contributed by atoms with van der Waals surface area (Å²) in [4.78, 5) is 34.1. The minimum atomic E-state index is -1.21.